The van der Waals surface area contributed by atoms with Crippen molar-refractivity contribution >= 4 is 23.4 Å². The first-order valence-corrected chi connectivity index (χ1v) is 10.0. The van der Waals surface area contributed by atoms with Crippen LogP contribution in [0.3, 0.4) is 0 Å². The number of carbonyl (C=O) groups is 1. The fourth-order valence-corrected chi connectivity index (χ4v) is 3.55. The van der Waals surface area contributed by atoms with Gasteiger partial charge in [0.15, 0.2) is 11.0 Å². The van der Waals surface area contributed by atoms with E-state index in [4.69, 9.17) is 4.74 Å². The molecule has 8 heteroatoms. The lowest BCUT2D eigenvalue weighted by atomic mass is 10.2. The molecule has 7 nitrogen and oxygen atoms in total. The van der Waals surface area contributed by atoms with Gasteiger partial charge in [-0.2, -0.15) is 0 Å². The summed E-state index contributed by atoms with van der Waals surface area (Å²) in [6.45, 7) is 7.14. The van der Waals surface area contributed by atoms with Gasteiger partial charge < -0.3 is 14.6 Å². The van der Waals surface area contributed by atoms with Gasteiger partial charge in [-0.05, 0) is 57.2 Å². The molecule has 146 valence electrons. The minimum atomic E-state index is -0.327. The van der Waals surface area contributed by atoms with Crippen LogP contribution in [-0.4, -0.2) is 37.5 Å². The summed E-state index contributed by atoms with van der Waals surface area (Å²) >= 11 is 1.39. The van der Waals surface area contributed by atoms with Crippen LogP contribution >= 0.6 is 11.8 Å². The number of thioether (sulfide) groups is 1. The highest BCUT2D eigenvalue weighted by Crippen LogP contribution is 2.27. The van der Waals surface area contributed by atoms with Gasteiger partial charge in [0.1, 0.15) is 5.75 Å². The first-order valence-electron chi connectivity index (χ1n) is 9.16. The predicted octanol–water partition coefficient (Wildman–Crippen LogP) is 3.88. The number of benzene rings is 1. The van der Waals surface area contributed by atoms with Crippen molar-refractivity contribution in [2.45, 2.75) is 37.7 Å². The van der Waals surface area contributed by atoms with E-state index < -0.39 is 0 Å². The van der Waals surface area contributed by atoms with Gasteiger partial charge in [0, 0.05) is 30.2 Å². The lowest BCUT2D eigenvalue weighted by Gasteiger charge is -2.13. The molecule has 2 aromatic heterocycles. The molecule has 3 aromatic rings. The molecule has 0 saturated carbocycles. The zero-order chi connectivity index (χ0) is 19.9. The number of nitrogens with zero attached hydrogens (tertiary/aromatic N) is 4. The molecule has 0 aliphatic carbocycles. The summed E-state index contributed by atoms with van der Waals surface area (Å²) in [7, 11) is 0. The van der Waals surface area contributed by atoms with E-state index in [-0.39, 0.29) is 11.2 Å². The Labute approximate surface area is 168 Å². The second-order valence-corrected chi connectivity index (χ2v) is 7.30. The molecule has 2 heterocycles. The van der Waals surface area contributed by atoms with Crippen molar-refractivity contribution in [1.82, 2.24) is 19.7 Å². The number of amides is 1. The summed E-state index contributed by atoms with van der Waals surface area (Å²) in [5, 5.41) is 11.9. The van der Waals surface area contributed by atoms with E-state index in [1.54, 1.807) is 12.4 Å². The standard InChI is InChI=1S/C20H23N5O2S/c1-4-25-18(15-10-12-21-13-11-15)23-24-20(25)28-14(3)19(26)22-16-6-8-17(9-7-16)27-5-2/h6-14H,4-5H2,1-3H3,(H,22,26). The summed E-state index contributed by atoms with van der Waals surface area (Å²) in [6, 6.07) is 11.1. The number of anilines is 1. The van der Waals surface area contributed by atoms with Crippen LogP contribution < -0.4 is 10.1 Å². The van der Waals surface area contributed by atoms with Gasteiger partial charge in [-0.3, -0.25) is 9.78 Å². The summed E-state index contributed by atoms with van der Waals surface area (Å²) in [4.78, 5) is 16.6. The summed E-state index contributed by atoms with van der Waals surface area (Å²) in [5.74, 6) is 1.46. The highest BCUT2D eigenvalue weighted by Gasteiger charge is 2.20. The minimum absolute atomic E-state index is 0.0923. The third kappa shape index (κ3) is 4.69. The Hall–Kier alpha value is -2.87. The zero-order valence-electron chi connectivity index (χ0n) is 16.1. The molecule has 0 aliphatic heterocycles. The molecule has 1 N–H and O–H groups in total. The van der Waals surface area contributed by atoms with Gasteiger partial charge in [0.2, 0.25) is 5.91 Å². The molecular formula is C20H23N5O2S. The number of aromatic nitrogens is 4. The molecule has 0 radical (unpaired) electrons. The molecule has 28 heavy (non-hydrogen) atoms. The number of hydrogen-bond acceptors (Lipinski definition) is 6. The molecule has 0 bridgehead atoms. The highest BCUT2D eigenvalue weighted by atomic mass is 32.2. The lowest BCUT2D eigenvalue weighted by Crippen LogP contribution is -2.22. The van der Waals surface area contributed by atoms with E-state index in [0.717, 1.165) is 22.8 Å². The number of hydrogen-bond donors (Lipinski definition) is 1. The Balaban J connectivity index is 1.68. The molecule has 1 aromatic carbocycles. The molecular weight excluding hydrogens is 374 g/mol. The quantitative estimate of drug-likeness (QED) is 0.581. The fraction of sp³-hybridized carbons (Fsp3) is 0.300. The van der Waals surface area contributed by atoms with Crippen LogP contribution in [0.2, 0.25) is 0 Å². The SMILES string of the molecule is CCOc1ccc(NC(=O)C(C)Sc2nnc(-c3ccncc3)n2CC)cc1. The second kappa shape index (κ2) is 9.36. The van der Waals surface area contributed by atoms with Crippen LogP contribution in [0.4, 0.5) is 5.69 Å². The highest BCUT2D eigenvalue weighted by molar-refractivity contribution is 8.00. The van der Waals surface area contributed by atoms with Gasteiger partial charge in [0.25, 0.3) is 0 Å². The van der Waals surface area contributed by atoms with Crippen LogP contribution in [0, 0.1) is 0 Å². The van der Waals surface area contributed by atoms with Crippen molar-refractivity contribution in [3.8, 4) is 17.1 Å². The summed E-state index contributed by atoms with van der Waals surface area (Å²) < 4.78 is 7.42. The Morgan fingerprint density at radius 3 is 2.50 bits per heavy atom. The minimum Gasteiger partial charge on any atom is -0.494 e. The average molecular weight is 398 g/mol. The van der Waals surface area contributed by atoms with Crippen LogP contribution in [-0.2, 0) is 11.3 Å². The molecule has 1 atom stereocenters. The van der Waals surface area contributed by atoms with Gasteiger partial charge in [-0.15, -0.1) is 10.2 Å². The maximum absolute atomic E-state index is 12.6. The van der Waals surface area contributed by atoms with E-state index in [2.05, 4.69) is 20.5 Å². The number of carbonyl (C=O) groups excluding carboxylic acids is 1. The van der Waals surface area contributed by atoms with Crippen LogP contribution in [0.1, 0.15) is 20.8 Å². The number of nitrogens with one attached hydrogen (secondary N) is 1. The third-order valence-electron chi connectivity index (χ3n) is 4.06. The normalized spacial score (nSPS) is 11.8. The van der Waals surface area contributed by atoms with Crippen molar-refractivity contribution in [2.24, 2.45) is 0 Å². The monoisotopic (exact) mass is 397 g/mol. The third-order valence-corrected chi connectivity index (χ3v) is 5.14. The zero-order valence-corrected chi connectivity index (χ0v) is 16.9. The van der Waals surface area contributed by atoms with Crippen molar-refractivity contribution in [2.75, 3.05) is 11.9 Å². The Morgan fingerprint density at radius 2 is 1.86 bits per heavy atom. The fourth-order valence-electron chi connectivity index (χ4n) is 2.63. The lowest BCUT2D eigenvalue weighted by molar-refractivity contribution is -0.115. The Morgan fingerprint density at radius 1 is 1.14 bits per heavy atom. The summed E-state index contributed by atoms with van der Waals surface area (Å²) in [6.07, 6.45) is 3.45. The van der Waals surface area contributed by atoms with Crippen LogP contribution in [0.25, 0.3) is 11.4 Å². The Bertz CT molecular complexity index is 912. The van der Waals surface area contributed by atoms with Crippen molar-refractivity contribution in [3.05, 3.63) is 48.8 Å². The smallest absolute Gasteiger partial charge is 0.237 e. The molecule has 0 fully saturated rings. The van der Waals surface area contributed by atoms with Crippen LogP contribution in [0.5, 0.6) is 5.75 Å². The van der Waals surface area contributed by atoms with E-state index in [1.807, 2.05) is 61.7 Å². The van der Waals surface area contributed by atoms with Gasteiger partial charge in [0.05, 0.1) is 11.9 Å². The number of ether oxygens (including phenoxy) is 1. The molecule has 3 rings (SSSR count). The first kappa shape index (κ1) is 19.9. The average Bonchev–Trinajstić information content (AvgIpc) is 3.12. The van der Waals surface area contributed by atoms with E-state index >= 15 is 0 Å². The summed E-state index contributed by atoms with van der Waals surface area (Å²) in [5.41, 5.74) is 1.68. The van der Waals surface area contributed by atoms with Crippen molar-refractivity contribution in [3.63, 3.8) is 0 Å². The van der Waals surface area contributed by atoms with Crippen molar-refractivity contribution in [1.29, 1.82) is 0 Å². The molecule has 0 spiro atoms. The van der Waals surface area contributed by atoms with Gasteiger partial charge in [-0.25, -0.2) is 0 Å². The molecule has 1 unspecified atom stereocenters. The van der Waals surface area contributed by atoms with Crippen molar-refractivity contribution < 1.29 is 9.53 Å². The largest absolute Gasteiger partial charge is 0.494 e. The molecule has 0 saturated heterocycles. The number of rotatable bonds is 8. The number of pyridine rings is 1. The molecule has 1 amide bonds. The maximum Gasteiger partial charge on any atom is 0.237 e. The van der Waals surface area contributed by atoms with E-state index in [0.29, 0.717) is 18.3 Å². The molecule has 0 aliphatic rings. The topological polar surface area (TPSA) is 81.9 Å². The van der Waals surface area contributed by atoms with Gasteiger partial charge >= 0.3 is 0 Å². The maximum atomic E-state index is 12.6. The second-order valence-electron chi connectivity index (χ2n) is 5.99. The van der Waals surface area contributed by atoms with E-state index in [1.165, 1.54) is 11.8 Å². The Kier molecular flexibility index (Phi) is 6.65. The van der Waals surface area contributed by atoms with E-state index in [9.17, 15) is 4.79 Å². The van der Waals surface area contributed by atoms with Crippen LogP contribution in [0.15, 0.2) is 53.9 Å². The predicted molar refractivity (Wildman–Crippen MR) is 110 cm³/mol. The van der Waals surface area contributed by atoms with Gasteiger partial charge in [-0.1, -0.05) is 11.8 Å². The first-order chi connectivity index (χ1) is 13.6.